The minimum absolute atomic E-state index is 0.356. The van der Waals surface area contributed by atoms with Crippen LogP contribution in [0.25, 0.3) is 0 Å². The topological polar surface area (TPSA) is 37.3 Å². The van der Waals surface area contributed by atoms with Gasteiger partial charge < -0.3 is 5.11 Å². The van der Waals surface area contributed by atoms with Gasteiger partial charge in [-0.15, -0.1) is 11.3 Å². The SMILES string of the molecule is O=C(O)c1csc(CS)c1. The first-order chi connectivity index (χ1) is 4.74. The fourth-order valence-electron chi connectivity index (χ4n) is 0.576. The fourth-order valence-corrected chi connectivity index (χ4v) is 1.61. The number of carbonyl (C=O) groups is 1. The third kappa shape index (κ3) is 1.52. The third-order valence-electron chi connectivity index (χ3n) is 1.06. The van der Waals surface area contributed by atoms with Crippen molar-refractivity contribution in [1.82, 2.24) is 0 Å². The highest BCUT2D eigenvalue weighted by atomic mass is 32.1. The highest BCUT2D eigenvalue weighted by Crippen LogP contribution is 2.15. The molecular weight excluding hydrogens is 168 g/mol. The molecule has 0 aliphatic carbocycles. The largest absolute Gasteiger partial charge is 0.478 e. The van der Waals surface area contributed by atoms with Crippen molar-refractivity contribution in [2.24, 2.45) is 0 Å². The van der Waals surface area contributed by atoms with E-state index in [9.17, 15) is 4.79 Å². The molecule has 0 bridgehead atoms. The Kier molecular flexibility index (Phi) is 2.34. The molecule has 0 amide bonds. The molecule has 54 valence electrons. The lowest BCUT2D eigenvalue weighted by Crippen LogP contribution is -1.91. The average Bonchev–Trinajstić information content (AvgIpc) is 2.34. The number of thiol groups is 1. The van der Waals surface area contributed by atoms with E-state index in [1.54, 1.807) is 11.4 Å². The van der Waals surface area contributed by atoms with Gasteiger partial charge in [-0.25, -0.2) is 4.79 Å². The van der Waals surface area contributed by atoms with Crippen LogP contribution >= 0.6 is 24.0 Å². The van der Waals surface area contributed by atoms with Crippen molar-refractivity contribution in [1.29, 1.82) is 0 Å². The van der Waals surface area contributed by atoms with Gasteiger partial charge in [-0.05, 0) is 6.07 Å². The van der Waals surface area contributed by atoms with Crippen LogP contribution in [0.2, 0.25) is 0 Å². The molecule has 10 heavy (non-hydrogen) atoms. The summed E-state index contributed by atoms with van der Waals surface area (Å²) >= 11 is 5.43. The molecule has 0 aliphatic rings. The van der Waals surface area contributed by atoms with Crippen molar-refractivity contribution >= 4 is 29.9 Å². The van der Waals surface area contributed by atoms with Crippen LogP contribution in [0.3, 0.4) is 0 Å². The van der Waals surface area contributed by atoms with Gasteiger partial charge in [0.1, 0.15) is 0 Å². The Morgan fingerprint density at radius 2 is 2.50 bits per heavy atom. The van der Waals surface area contributed by atoms with Crippen molar-refractivity contribution in [2.75, 3.05) is 0 Å². The summed E-state index contributed by atoms with van der Waals surface area (Å²) in [7, 11) is 0. The van der Waals surface area contributed by atoms with Gasteiger partial charge in [0, 0.05) is 16.0 Å². The van der Waals surface area contributed by atoms with Crippen LogP contribution in [0, 0.1) is 0 Å². The zero-order valence-corrected chi connectivity index (χ0v) is 6.78. The van der Waals surface area contributed by atoms with E-state index < -0.39 is 5.97 Å². The smallest absolute Gasteiger partial charge is 0.336 e. The maximum absolute atomic E-state index is 10.3. The number of rotatable bonds is 2. The fraction of sp³-hybridized carbons (Fsp3) is 0.167. The van der Waals surface area contributed by atoms with E-state index in [-0.39, 0.29) is 0 Å². The molecule has 0 spiro atoms. The van der Waals surface area contributed by atoms with Crippen LogP contribution < -0.4 is 0 Å². The van der Waals surface area contributed by atoms with Crippen molar-refractivity contribution in [2.45, 2.75) is 5.75 Å². The first-order valence-corrected chi connectivity index (χ1v) is 4.17. The van der Waals surface area contributed by atoms with Crippen molar-refractivity contribution in [3.05, 3.63) is 21.9 Å². The lowest BCUT2D eigenvalue weighted by molar-refractivity contribution is 0.0697. The van der Waals surface area contributed by atoms with Crippen LogP contribution in [0.4, 0.5) is 0 Å². The van der Waals surface area contributed by atoms with Crippen molar-refractivity contribution in [3.63, 3.8) is 0 Å². The van der Waals surface area contributed by atoms with Crippen LogP contribution in [0.15, 0.2) is 11.4 Å². The molecule has 0 saturated heterocycles. The van der Waals surface area contributed by atoms with Crippen molar-refractivity contribution in [3.8, 4) is 0 Å². The van der Waals surface area contributed by atoms with Crippen LogP contribution in [-0.2, 0) is 5.75 Å². The molecule has 1 aromatic rings. The molecule has 2 nitrogen and oxygen atoms in total. The molecule has 1 N–H and O–H groups in total. The number of hydrogen-bond donors (Lipinski definition) is 2. The minimum Gasteiger partial charge on any atom is -0.478 e. The van der Waals surface area contributed by atoms with Gasteiger partial charge in [0.25, 0.3) is 0 Å². The Hall–Kier alpha value is -0.480. The quantitative estimate of drug-likeness (QED) is 0.672. The second-order valence-electron chi connectivity index (χ2n) is 1.76. The summed E-state index contributed by atoms with van der Waals surface area (Å²) in [6.07, 6.45) is 0. The first kappa shape index (κ1) is 7.63. The second-order valence-corrected chi connectivity index (χ2v) is 3.08. The predicted octanol–water partition coefficient (Wildman–Crippen LogP) is 1.88. The maximum atomic E-state index is 10.3. The lowest BCUT2D eigenvalue weighted by Gasteiger charge is -1.82. The van der Waals surface area contributed by atoms with Crippen LogP contribution in [-0.4, -0.2) is 11.1 Å². The highest BCUT2D eigenvalue weighted by Gasteiger charge is 2.04. The zero-order valence-electron chi connectivity index (χ0n) is 5.07. The van der Waals surface area contributed by atoms with Crippen molar-refractivity contribution < 1.29 is 9.90 Å². The summed E-state index contributed by atoms with van der Waals surface area (Å²) in [5.74, 6) is -0.262. The van der Waals surface area contributed by atoms with Gasteiger partial charge in [-0.1, -0.05) is 0 Å². The summed E-state index contributed by atoms with van der Waals surface area (Å²) in [6, 6.07) is 1.64. The summed E-state index contributed by atoms with van der Waals surface area (Å²) < 4.78 is 0. The standard InChI is InChI=1S/C6H6O2S2/c7-6(8)4-1-5(2-9)10-3-4/h1,3,9H,2H2,(H,7,8). The van der Waals surface area contributed by atoms with Gasteiger partial charge in [0.15, 0.2) is 0 Å². The Bertz CT molecular complexity index is 242. The Balaban J connectivity index is 2.88. The summed E-state index contributed by atoms with van der Waals surface area (Å²) in [5.41, 5.74) is 0.356. The molecule has 0 saturated carbocycles. The summed E-state index contributed by atoms with van der Waals surface area (Å²) in [6.45, 7) is 0. The van der Waals surface area contributed by atoms with E-state index in [0.717, 1.165) is 4.88 Å². The van der Waals surface area contributed by atoms with E-state index in [0.29, 0.717) is 11.3 Å². The van der Waals surface area contributed by atoms with Gasteiger partial charge in [0.05, 0.1) is 5.56 Å². The Morgan fingerprint density at radius 3 is 2.80 bits per heavy atom. The Labute approximate surface area is 67.9 Å². The van der Waals surface area contributed by atoms with Gasteiger partial charge in [0.2, 0.25) is 0 Å². The molecule has 0 atom stereocenters. The molecule has 0 aliphatic heterocycles. The second kappa shape index (κ2) is 3.07. The molecule has 1 rings (SSSR count). The van der Waals surface area contributed by atoms with Gasteiger partial charge in [-0.2, -0.15) is 12.6 Å². The van der Waals surface area contributed by atoms with Crippen LogP contribution in [0.5, 0.6) is 0 Å². The van der Waals surface area contributed by atoms with E-state index in [1.165, 1.54) is 11.3 Å². The van der Waals surface area contributed by atoms with E-state index in [4.69, 9.17) is 5.11 Å². The predicted molar refractivity (Wildman–Crippen MR) is 44.0 cm³/mol. The number of hydrogen-bond acceptors (Lipinski definition) is 3. The summed E-state index contributed by atoms with van der Waals surface area (Å²) in [4.78, 5) is 11.3. The lowest BCUT2D eigenvalue weighted by atomic mass is 10.3. The molecule has 1 aromatic heterocycles. The number of carboxylic acid groups (broad SMARTS) is 1. The number of carboxylic acids is 1. The van der Waals surface area contributed by atoms with Crippen LogP contribution in [0.1, 0.15) is 15.2 Å². The summed E-state index contributed by atoms with van der Waals surface area (Å²) in [5, 5.41) is 10.1. The molecule has 0 radical (unpaired) electrons. The van der Waals surface area contributed by atoms with Gasteiger partial charge >= 0.3 is 5.97 Å². The van der Waals surface area contributed by atoms with Gasteiger partial charge in [-0.3, -0.25) is 0 Å². The molecule has 0 fully saturated rings. The molecular formula is C6H6O2S2. The molecule has 0 aromatic carbocycles. The van der Waals surface area contributed by atoms with E-state index in [1.807, 2.05) is 0 Å². The minimum atomic E-state index is -0.871. The first-order valence-electron chi connectivity index (χ1n) is 2.65. The highest BCUT2D eigenvalue weighted by molar-refractivity contribution is 7.79. The Morgan fingerprint density at radius 1 is 1.80 bits per heavy atom. The maximum Gasteiger partial charge on any atom is 0.336 e. The third-order valence-corrected chi connectivity index (χ3v) is 2.55. The van der Waals surface area contributed by atoms with E-state index >= 15 is 0 Å². The van der Waals surface area contributed by atoms with E-state index in [2.05, 4.69) is 12.6 Å². The molecule has 1 heterocycles. The normalized spacial score (nSPS) is 9.70. The zero-order chi connectivity index (χ0) is 7.56. The average molecular weight is 174 g/mol. The molecule has 4 heteroatoms. The monoisotopic (exact) mass is 174 g/mol. The molecule has 0 unspecified atom stereocenters. The number of aromatic carboxylic acids is 1. The number of thiophene rings is 1.